The first-order valence-corrected chi connectivity index (χ1v) is 10.7. The monoisotopic (exact) mass is 422 g/mol. The number of nitrogens with zero attached hydrogens (tertiary/aromatic N) is 1. The number of furan rings is 1. The number of rotatable bonds is 6. The van der Waals surface area contributed by atoms with Crippen molar-refractivity contribution in [3.8, 4) is 5.75 Å². The van der Waals surface area contributed by atoms with Gasteiger partial charge in [0.25, 0.3) is 5.91 Å². The summed E-state index contributed by atoms with van der Waals surface area (Å²) in [7, 11) is 1.66. The summed E-state index contributed by atoms with van der Waals surface area (Å²) in [5, 5.41) is 4.14. The Morgan fingerprint density at radius 1 is 1.13 bits per heavy atom. The fourth-order valence-electron chi connectivity index (χ4n) is 4.45. The molecule has 3 aromatic rings. The van der Waals surface area contributed by atoms with Gasteiger partial charge in [-0.2, -0.15) is 0 Å². The van der Waals surface area contributed by atoms with Crippen molar-refractivity contribution in [2.24, 2.45) is 0 Å². The summed E-state index contributed by atoms with van der Waals surface area (Å²) in [6.45, 7) is 9.57. The molecule has 31 heavy (non-hydrogen) atoms. The van der Waals surface area contributed by atoms with Crippen LogP contribution < -0.4 is 10.1 Å². The van der Waals surface area contributed by atoms with Gasteiger partial charge in [0.1, 0.15) is 11.3 Å². The van der Waals surface area contributed by atoms with Crippen molar-refractivity contribution in [1.29, 1.82) is 0 Å². The second kappa shape index (κ2) is 9.12. The summed E-state index contributed by atoms with van der Waals surface area (Å²) >= 11 is 0. The van der Waals surface area contributed by atoms with Crippen LogP contribution in [0.15, 0.2) is 40.8 Å². The molecule has 1 atom stereocenters. The van der Waals surface area contributed by atoms with Gasteiger partial charge < -0.3 is 19.2 Å². The van der Waals surface area contributed by atoms with Gasteiger partial charge in [0, 0.05) is 30.6 Å². The number of benzene rings is 2. The highest BCUT2D eigenvalue weighted by Crippen LogP contribution is 2.30. The number of nitrogens with one attached hydrogen (secondary N) is 1. The van der Waals surface area contributed by atoms with E-state index in [1.165, 1.54) is 0 Å². The third kappa shape index (κ3) is 4.45. The molecule has 6 heteroatoms. The van der Waals surface area contributed by atoms with Gasteiger partial charge >= 0.3 is 0 Å². The summed E-state index contributed by atoms with van der Waals surface area (Å²) in [6, 6.07) is 12.2. The van der Waals surface area contributed by atoms with Gasteiger partial charge in [0.05, 0.1) is 26.4 Å². The first-order chi connectivity index (χ1) is 15.0. The molecule has 0 unspecified atom stereocenters. The van der Waals surface area contributed by atoms with Gasteiger partial charge in [-0.3, -0.25) is 9.69 Å². The van der Waals surface area contributed by atoms with E-state index in [9.17, 15) is 4.79 Å². The maximum Gasteiger partial charge on any atom is 0.287 e. The van der Waals surface area contributed by atoms with Gasteiger partial charge in [0.15, 0.2) is 5.76 Å². The van der Waals surface area contributed by atoms with Gasteiger partial charge in [-0.15, -0.1) is 0 Å². The van der Waals surface area contributed by atoms with Gasteiger partial charge in [-0.05, 0) is 55.7 Å². The minimum Gasteiger partial charge on any atom is -0.497 e. The lowest BCUT2D eigenvalue weighted by Gasteiger charge is -2.35. The lowest BCUT2D eigenvalue weighted by atomic mass is 10.0. The predicted octanol–water partition coefficient (Wildman–Crippen LogP) is 4.17. The maximum atomic E-state index is 13.1. The number of carbonyl (C=O) groups is 1. The van der Waals surface area contributed by atoms with E-state index in [0.29, 0.717) is 25.5 Å². The zero-order chi connectivity index (χ0) is 22.0. The normalized spacial score (nSPS) is 15.7. The molecule has 6 nitrogen and oxygen atoms in total. The fourth-order valence-corrected chi connectivity index (χ4v) is 4.45. The van der Waals surface area contributed by atoms with Crippen molar-refractivity contribution >= 4 is 16.9 Å². The summed E-state index contributed by atoms with van der Waals surface area (Å²) < 4.78 is 16.8. The predicted molar refractivity (Wildman–Crippen MR) is 121 cm³/mol. The molecule has 0 spiro atoms. The highest BCUT2D eigenvalue weighted by Gasteiger charge is 2.25. The molecular weight excluding hydrogens is 392 g/mol. The fraction of sp³-hybridized carbons (Fsp3) is 0.400. The summed E-state index contributed by atoms with van der Waals surface area (Å²) in [5.41, 5.74) is 5.03. The molecule has 0 bridgehead atoms. The largest absolute Gasteiger partial charge is 0.497 e. The van der Waals surface area contributed by atoms with Crippen LogP contribution in [0.1, 0.15) is 38.9 Å². The lowest BCUT2D eigenvalue weighted by Crippen LogP contribution is -2.43. The van der Waals surface area contributed by atoms with Crippen LogP contribution in [0, 0.1) is 20.8 Å². The van der Waals surface area contributed by atoms with E-state index in [-0.39, 0.29) is 11.9 Å². The van der Waals surface area contributed by atoms with Crippen LogP contribution in [0.5, 0.6) is 5.75 Å². The number of hydrogen-bond donors (Lipinski definition) is 1. The third-order valence-electron chi connectivity index (χ3n) is 6.02. The Bertz CT molecular complexity index is 1070. The SMILES string of the molecule is COc1ccc([C@H](CNC(=O)c2oc3cc(C)cc(C)c3c2C)N2CCOCC2)cc1. The minimum atomic E-state index is -0.183. The average molecular weight is 423 g/mol. The quantitative estimate of drug-likeness (QED) is 0.646. The average Bonchev–Trinajstić information content (AvgIpc) is 3.11. The van der Waals surface area contributed by atoms with E-state index in [1.54, 1.807) is 7.11 Å². The second-order valence-electron chi connectivity index (χ2n) is 8.16. The first-order valence-electron chi connectivity index (χ1n) is 10.7. The minimum absolute atomic E-state index is 0.0485. The molecule has 1 fully saturated rings. The number of fused-ring (bicyclic) bond motifs is 1. The van der Waals surface area contributed by atoms with Gasteiger partial charge in [-0.25, -0.2) is 0 Å². The highest BCUT2D eigenvalue weighted by atomic mass is 16.5. The van der Waals surface area contributed by atoms with Crippen LogP contribution in [0.25, 0.3) is 11.0 Å². The van der Waals surface area contributed by atoms with Crippen molar-refractivity contribution in [2.75, 3.05) is 40.0 Å². The Morgan fingerprint density at radius 2 is 1.84 bits per heavy atom. The van der Waals surface area contributed by atoms with Crippen LogP contribution in [-0.2, 0) is 4.74 Å². The number of methoxy groups -OCH3 is 1. The van der Waals surface area contributed by atoms with Crippen molar-refractivity contribution in [3.63, 3.8) is 0 Å². The van der Waals surface area contributed by atoms with E-state index < -0.39 is 0 Å². The molecule has 0 saturated carbocycles. The number of hydrogen-bond acceptors (Lipinski definition) is 5. The standard InChI is InChI=1S/C25H30N2O4/c1-16-13-17(2)23-18(3)24(31-22(23)14-16)25(28)26-15-21(27-9-11-30-12-10-27)19-5-7-20(29-4)8-6-19/h5-8,13-14,21H,9-12,15H2,1-4H3,(H,26,28)/t21-/m0/s1. The Labute approximate surface area is 183 Å². The van der Waals surface area contributed by atoms with Crippen molar-refractivity contribution in [1.82, 2.24) is 10.2 Å². The van der Waals surface area contributed by atoms with Crippen molar-refractivity contribution in [3.05, 3.63) is 64.4 Å². The Balaban J connectivity index is 1.56. The molecule has 1 aliphatic heterocycles. The maximum absolute atomic E-state index is 13.1. The molecule has 1 aromatic heterocycles. The molecule has 164 valence electrons. The highest BCUT2D eigenvalue weighted by molar-refractivity contribution is 6.00. The zero-order valence-electron chi connectivity index (χ0n) is 18.7. The molecule has 2 heterocycles. The van der Waals surface area contributed by atoms with Crippen LogP contribution in [0.3, 0.4) is 0 Å². The number of carbonyl (C=O) groups excluding carboxylic acids is 1. The van der Waals surface area contributed by atoms with Crippen LogP contribution in [0.4, 0.5) is 0 Å². The van der Waals surface area contributed by atoms with E-state index in [4.69, 9.17) is 13.9 Å². The Hall–Kier alpha value is -2.83. The van der Waals surface area contributed by atoms with E-state index in [2.05, 4.69) is 35.3 Å². The van der Waals surface area contributed by atoms with E-state index in [1.807, 2.05) is 32.0 Å². The zero-order valence-corrected chi connectivity index (χ0v) is 18.7. The van der Waals surface area contributed by atoms with Crippen LogP contribution >= 0.6 is 0 Å². The molecular formula is C25H30N2O4. The number of morpholine rings is 1. The first kappa shape index (κ1) is 21.4. The third-order valence-corrected chi connectivity index (χ3v) is 6.02. The van der Waals surface area contributed by atoms with Crippen LogP contribution in [-0.4, -0.2) is 50.8 Å². The van der Waals surface area contributed by atoms with Gasteiger partial charge in [0.2, 0.25) is 0 Å². The second-order valence-corrected chi connectivity index (χ2v) is 8.16. The van der Waals surface area contributed by atoms with Crippen LogP contribution in [0.2, 0.25) is 0 Å². The molecule has 0 aliphatic carbocycles. The summed E-state index contributed by atoms with van der Waals surface area (Å²) in [4.78, 5) is 15.4. The number of amides is 1. The summed E-state index contributed by atoms with van der Waals surface area (Å²) in [6.07, 6.45) is 0. The number of aryl methyl sites for hydroxylation is 3. The smallest absolute Gasteiger partial charge is 0.287 e. The molecule has 1 N–H and O–H groups in total. The molecule has 2 aromatic carbocycles. The molecule has 1 saturated heterocycles. The molecule has 4 rings (SSSR count). The number of ether oxygens (including phenoxy) is 2. The molecule has 0 radical (unpaired) electrons. The Kier molecular flexibility index (Phi) is 6.30. The van der Waals surface area contributed by atoms with Gasteiger partial charge in [-0.1, -0.05) is 18.2 Å². The van der Waals surface area contributed by atoms with Crippen molar-refractivity contribution < 1.29 is 18.7 Å². The molecule has 1 aliphatic rings. The van der Waals surface area contributed by atoms with E-state index >= 15 is 0 Å². The summed E-state index contributed by atoms with van der Waals surface area (Å²) in [5.74, 6) is 1.02. The topological polar surface area (TPSA) is 63.9 Å². The lowest BCUT2D eigenvalue weighted by molar-refractivity contribution is 0.0161. The Morgan fingerprint density at radius 3 is 2.52 bits per heavy atom. The molecule has 1 amide bonds. The van der Waals surface area contributed by atoms with Crippen molar-refractivity contribution in [2.45, 2.75) is 26.8 Å². The van der Waals surface area contributed by atoms with E-state index in [0.717, 1.165) is 52.1 Å².